The van der Waals surface area contributed by atoms with Gasteiger partial charge in [0.15, 0.2) is 6.79 Å². The van der Waals surface area contributed by atoms with Crippen molar-refractivity contribution in [1.29, 1.82) is 0 Å². The molecule has 0 amide bonds. The van der Waals surface area contributed by atoms with Crippen molar-refractivity contribution in [2.24, 2.45) is 0 Å². The highest BCUT2D eigenvalue weighted by Gasteiger charge is 2.04. The van der Waals surface area contributed by atoms with E-state index in [2.05, 4.69) is 9.22 Å². The molecule has 1 atom stereocenters. The molecule has 0 saturated heterocycles. The minimum absolute atomic E-state index is 0.0417. The second-order valence-corrected chi connectivity index (χ2v) is 5.76. The fourth-order valence-electron chi connectivity index (χ4n) is 0.754. The number of ether oxygens (including phenoxy) is 1. The van der Waals surface area contributed by atoms with Crippen LogP contribution in [-0.2, 0) is 25.0 Å². The maximum Gasteiger partial charge on any atom is 0.220 e. The summed E-state index contributed by atoms with van der Waals surface area (Å²) >= 11 is -1.67. The van der Waals surface area contributed by atoms with E-state index >= 15 is 0 Å². The lowest BCUT2D eigenvalue weighted by molar-refractivity contribution is -0.245. The molecule has 1 N–H and O–H groups in total. The van der Waals surface area contributed by atoms with Gasteiger partial charge in [0.1, 0.15) is 0 Å². The molecule has 0 aliphatic heterocycles. The number of hydrogen-bond acceptors (Lipinski definition) is 5. The standard InChI is InChI=1S/C8H10O4S.C5H12O/c1-7-2-4-8(5-3-7)13(10)12-11-6-9;1-5(2,3)6-4/h2-5,9H,6H2,1H3;1-4H3. The van der Waals surface area contributed by atoms with Crippen molar-refractivity contribution in [2.75, 3.05) is 13.9 Å². The average Bonchev–Trinajstić information content (AvgIpc) is 2.36. The van der Waals surface area contributed by atoms with Crippen molar-refractivity contribution >= 4 is 11.1 Å². The molecule has 0 aliphatic rings. The van der Waals surface area contributed by atoms with Gasteiger partial charge in [0.05, 0.1) is 10.5 Å². The van der Waals surface area contributed by atoms with Gasteiger partial charge in [-0.15, -0.1) is 4.33 Å². The molecule has 0 saturated carbocycles. The first-order chi connectivity index (χ1) is 8.80. The Morgan fingerprint density at radius 1 is 1.21 bits per heavy atom. The van der Waals surface area contributed by atoms with Crippen molar-refractivity contribution in [3.8, 4) is 0 Å². The van der Waals surface area contributed by atoms with E-state index in [-0.39, 0.29) is 5.60 Å². The number of hydrogen-bond donors (Lipinski definition) is 1. The third-order valence-electron chi connectivity index (χ3n) is 1.99. The maximum atomic E-state index is 11.2. The van der Waals surface area contributed by atoms with Gasteiger partial charge in [-0.2, -0.15) is 4.89 Å². The van der Waals surface area contributed by atoms with Crippen LogP contribution in [0.3, 0.4) is 0 Å². The lowest BCUT2D eigenvalue weighted by Gasteiger charge is -2.14. The van der Waals surface area contributed by atoms with E-state index in [1.807, 2.05) is 39.8 Å². The number of aliphatic hydroxyl groups is 1. The molecule has 0 spiro atoms. The summed E-state index contributed by atoms with van der Waals surface area (Å²) < 4.78 is 20.4. The molecule has 1 rings (SSSR count). The quantitative estimate of drug-likeness (QED) is 0.524. The van der Waals surface area contributed by atoms with Gasteiger partial charge in [-0.05, 0) is 39.8 Å². The van der Waals surface area contributed by atoms with Gasteiger partial charge in [-0.1, -0.05) is 17.7 Å². The van der Waals surface area contributed by atoms with Crippen molar-refractivity contribution in [3.05, 3.63) is 29.8 Å². The van der Waals surface area contributed by atoms with Crippen LogP contribution in [0.15, 0.2) is 29.2 Å². The number of aryl methyl sites for hydroxylation is 1. The number of aliphatic hydroxyl groups excluding tert-OH is 1. The maximum absolute atomic E-state index is 11.2. The molecule has 0 aliphatic carbocycles. The molecule has 110 valence electrons. The van der Waals surface area contributed by atoms with E-state index in [4.69, 9.17) is 9.84 Å². The zero-order chi connectivity index (χ0) is 14.9. The first kappa shape index (κ1) is 18.2. The van der Waals surface area contributed by atoms with Crippen LogP contribution < -0.4 is 0 Å². The Bertz CT molecular complexity index is 370. The van der Waals surface area contributed by atoms with Gasteiger partial charge in [0.25, 0.3) is 0 Å². The highest BCUT2D eigenvalue weighted by molar-refractivity contribution is 7.80. The topological polar surface area (TPSA) is 65.0 Å². The van der Waals surface area contributed by atoms with Crippen LogP contribution in [0.1, 0.15) is 26.3 Å². The Morgan fingerprint density at radius 3 is 2.05 bits per heavy atom. The third-order valence-corrected chi connectivity index (χ3v) is 2.87. The van der Waals surface area contributed by atoms with Gasteiger partial charge in [-0.3, -0.25) is 0 Å². The largest absolute Gasteiger partial charge is 0.379 e. The minimum Gasteiger partial charge on any atom is -0.379 e. The van der Waals surface area contributed by atoms with Gasteiger partial charge >= 0.3 is 0 Å². The molecule has 1 aromatic carbocycles. The molecule has 19 heavy (non-hydrogen) atoms. The Labute approximate surface area is 117 Å². The predicted molar refractivity (Wildman–Crippen MR) is 73.6 cm³/mol. The fraction of sp³-hybridized carbons (Fsp3) is 0.538. The van der Waals surface area contributed by atoms with Crippen molar-refractivity contribution in [2.45, 2.75) is 38.2 Å². The molecule has 6 heteroatoms. The van der Waals surface area contributed by atoms with Crippen molar-refractivity contribution < 1.29 is 23.3 Å². The first-order valence-electron chi connectivity index (χ1n) is 5.74. The highest BCUT2D eigenvalue weighted by atomic mass is 32.2. The van der Waals surface area contributed by atoms with E-state index in [0.717, 1.165) is 5.56 Å². The summed E-state index contributed by atoms with van der Waals surface area (Å²) in [5.41, 5.74) is 1.11. The summed E-state index contributed by atoms with van der Waals surface area (Å²) in [5, 5.41) is 8.22. The second kappa shape index (κ2) is 9.17. The molecular formula is C13H22O5S. The van der Waals surface area contributed by atoms with E-state index in [1.165, 1.54) is 0 Å². The smallest absolute Gasteiger partial charge is 0.220 e. The lowest BCUT2D eigenvalue weighted by atomic mass is 10.2. The summed E-state index contributed by atoms with van der Waals surface area (Å²) in [4.78, 5) is 4.63. The van der Waals surface area contributed by atoms with Crippen LogP contribution in [-0.4, -0.2) is 28.8 Å². The van der Waals surface area contributed by atoms with Crippen LogP contribution in [0.4, 0.5) is 0 Å². The summed E-state index contributed by atoms with van der Waals surface area (Å²) in [7, 11) is 1.71. The van der Waals surface area contributed by atoms with Crippen LogP contribution in [0.2, 0.25) is 0 Å². The van der Waals surface area contributed by atoms with Crippen molar-refractivity contribution in [1.82, 2.24) is 0 Å². The van der Waals surface area contributed by atoms with Gasteiger partial charge in [0, 0.05) is 7.11 Å². The van der Waals surface area contributed by atoms with Crippen LogP contribution in [0.25, 0.3) is 0 Å². The van der Waals surface area contributed by atoms with Gasteiger partial charge < -0.3 is 9.84 Å². The van der Waals surface area contributed by atoms with E-state index in [0.29, 0.717) is 4.90 Å². The van der Waals surface area contributed by atoms with Gasteiger partial charge in [-0.25, -0.2) is 4.21 Å². The lowest BCUT2D eigenvalue weighted by Crippen LogP contribution is -2.15. The Hall–Kier alpha value is -0.790. The Balaban J connectivity index is 0.000000459. The monoisotopic (exact) mass is 290 g/mol. The minimum atomic E-state index is -1.67. The summed E-state index contributed by atoms with van der Waals surface area (Å²) in [6.07, 6.45) is 0. The number of methoxy groups -OCH3 is 1. The summed E-state index contributed by atoms with van der Waals surface area (Å²) in [6, 6.07) is 6.98. The summed E-state index contributed by atoms with van der Waals surface area (Å²) in [6.45, 7) is 7.38. The molecule has 0 aromatic heterocycles. The molecular weight excluding hydrogens is 268 g/mol. The molecule has 0 heterocycles. The Morgan fingerprint density at radius 2 is 1.68 bits per heavy atom. The highest BCUT2D eigenvalue weighted by Crippen LogP contribution is 2.09. The van der Waals surface area contributed by atoms with E-state index in [9.17, 15) is 4.21 Å². The van der Waals surface area contributed by atoms with Crippen LogP contribution >= 0.6 is 0 Å². The summed E-state index contributed by atoms with van der Waals surface area (Å²) in [5.74, 6) is 0. The van der Waals surface area contributed by atoms with E-state index < -0.39 is 17.9 Å². The number of rotatable bonds is 4. The second-order valence-electron chi connectivity index (χ2n) is 4.68. The first-order valence-corrected chi connectivity index (χ1v) is 6.82. The third kappa shape index (κ3) is 9.75. The van der Waals surface area contributed by atoms with Crippen molar-refractivity contribution in [3.63, 3.8) is 0 Å². The average molecular weight is 290 g/mol. The fourth-order valence-corrected chi connectivity index (χ4v) is 1.32. The molecule has 0 bridgehead atoms. The molecule has 0 radical (unpaired) electrons. The SMILES string of the molecule is COC(C)(C)C.Cc1ccc(S(=O)OOCO)cc1. The normalized spacial score (nSPS) is 12.5. The molecule has 1 unspecified atom stereocenters. The molecule has 5 nitrogen and oxygen atoms in total. The van der Waals surface area contributed by atoms with Gasteiger partial charge in [0.2, 0.25) is 11.1 Å². The zero-order valence-corrected chi connectivity index (χ0v) is 12.8. The molecule has 1 aromatic rings. The number of benzene rings is 1. The molecule has 0 fully saturated rings. The van der Waals surface area contributed by atoms with E-state index in [1.54, 1.807) is 19.2 Å². The zero-order valence-electron chi connectivity index (χ0n) is 12.0. The van der Waals surface area contributed by atoms with Crippen LogP contribution in [0, 0.1) is 6.92 Å². The predicted octanol–water partition coefficient (Wildman–Crippen LogP) is 2.35. The Kier molecular flexibility index (Phi) is 8.79. The van der Waals surface area contributed by atoms with Crippen LogP contribution in [0.5, 0.6) is 0 Å².